The summed E-state index contributed by atoms with van der Waals surface area (Å²) in [5, 5.41) is 4.60. The maximum atomic E-state index is 13.4. The topological polar surface area (TPSA) is 80.5 Å². The van der Waals surface area contributed by atoms with Gasteiger partial charge in [-0.05, 0) is 48.0 Å². The lowest BCUT2D eigenvalue weighted by atomic mass is 10.0. The van der Waals surface area contributed by atoms with Crippen molar-refractivity contribution in [1.29, 1.82) is 0 Å². The third kappa shape index (κ3) is 3.36. The van der Waals surface area contributed by atoms with Crippen LogP contribution in [0.25, 0.3) is 28.0 Å². The zero-order valence-corrected chi connectivity index (χ0v) is 15.7. The predicted octanol–water partition coefficient (Wildman–Crippen LogP) is 3.50. The van der Waals surface area contributed by atoms with Crippen molar-refractivity contribution >= 4 is 23.3 Å². The molecule has 0 aliphatic heterocycles. The Kier molecular flexibility index (Phi) is 4.59. The minimum absolute atomic E-state index is 0.211. The molecule has 0 atom stereocenters. The first-order valence-corrected chi connectivity index (χ1v) is 8.82. The lowest BCUT2D eigenvalue weighted by Gasteiger charge is -2.16. The zero-order chi connectivity index (χ0) is 20.5. The number of imide groups is 1. The summed E-state index contributed by atoms with van der Waals surface area (Å²) in [4.78, 5) is 33.4. The number of fused-ring (bicyclic) bond motifs is 1. The van der Waals surface area contributed by atoms with Gasteiger partial charge < -0.3 is 0 Å². The molecular formula is C21H16FN5O2. The normalized spacial score (nSPS) is 10.9. The van der Waals surface area contributed by atoms with E-state index in [1.807, 2.05) is 0 Å². The molecule has 144 valence electrons. The van der Waals surface area contributed by atoms with Crippen LogP contribution in [0.3, 0.4) is 0 Å². The van der Waals surface area contributed by atoms with Gasteiger partial charge >= 0.3 is 0 Å². The van der Waals surface area contributed by atoms with Gasteiger partial charge in [-0.15, -0.1) is 0 Å². The molecule has 0 spiro atoms. The van der Waals surface area contributed by atoms with E-state index < -0.39 is 11.8 Å². The highest BCUT2D eigenvalue weighted by molar-refractivity contribution is 6.12. The number of carbonyl (C=O) groups excluding carboxylic acids is 2. The van der Waals surface area contributed by atoms with Crippen LogP contribution < -0.4 is 4.90 Å². The fraction of sp³-hybridized carbons (Fsp3) is 0.0952. The van der Waals surface area contributed by atoms with Gasteiger partial charge in [-0.25, -0.2) is 23.8 Å². The highest BCUT2D eigenvalue weighted by Gasteiger charge is 2.21. The van der Waals surface area contributed by atoms with Crippen LogP contribution in [0.4, 0.5) is 10.2 Å². The standard InChI is InChI=1S/C21H16FN5O2/c1-13(28)27(14(2)29)18-12-16(8-10-23-18)19-20(15-4-6-17(22)7-5-15)25-26-11-3-9-24-21(19)26/h3-12H,1-2H3. The highest BCUT2D eigenvalue weighted by atomic mass is 19.1. The SMILES string of the molecule is CC(=O)N(C(C)=O)c1cc(-c2c(-c3ccc(F)cc3)nn3cccnc23)ccn1. The average Bonchev–Trinajstić information content (AvgIpc) is 3.08. The minimum Gasteiger partial charge on any atom is -0.274 e. The number of amides is 2. The Morgan fingerprint density at radius 3 is 2.38 bits per heavy atom. The molecule has 0 unspecified atom stereocenters. The summed E-state index contributed by atoms with van der Waals surface area (Å²) < 4.78 is 15.0. The second kappa shape index (κ2) is 7.23. The number of pyridine rings is 1. The third-order valence-corrected chi connectivity index (χ3v) is 4.41. The summed E-state index contributed by atoms with van der Waals surface area (Å²) in [6.07, 6.45) is 4.93. The largest absolute Gasteiger partial charge is 0.274 e. The number of carbonyl (C=O) groups is 2. The van der Waals surface area contributed by atoms with Gasteiger partial charge in [-0.2, -0.15) is 5.10 Å². The second-order valence-electron chi connectivity index (χ2n) is 6.39. The van der Waals surface area contributed by atoms with Crippen molar-refractivity contribution in [3.63, 3.8) is 0 Å². The molecule has 0 radical (unpaired) electrons. The van der Waals surface area contributed by atoms with Gasteiger partial charge in [0, 0.05) is 38.0 Å². The second-order valence-corrected chi connectivity index (χ2v) is 6.39. The third-order valence-electron chi connectivity index (χ3n) is 4.41. The van der Waals surface area contributed by atoms with Crippen LogP contribution in [-0.2, 0) is 9.59 Å². The van der Waals surface area contributed by atoms with E-state index in [-0.39, 0.29) is 11.6 Å². The minimum atomic E-state index is -0.432. The number of hydrogen-bond acceptors (Lipinski definition) is 5. The first-order valence-electron chi connectivity index (χ1n) is 8.82. The van der Waals surface area contributed by atoms with E-state index in [4.69, 9.17) is 0 Å². The van der Waals surface area contributed by atoms with Gasteiger partial charge in [0.25, 0.3) is 0 Å². The van der Waals surface area contributed by atoms with Gasteiger partial charge in [-0.3, -0.25) is 9.59 Å². The number of anilines is 1. The van der Waals surface area contributed by atoms with Crippen molar-refractivity contribution in [2.45, 2.75) is 13.8 Å². The Bertz CT molecular complexity index is 1220. The first kappa shape index (κ1) is 18.4. The molecule has 0 aliphatic carbocycles. The fourth-order valence-corrected chi connectivity index (χ4v) is 3.20. The molecule has 29 heavy (non-hydrogen) atoms. The quantitative estimate of drug-likeness (QED) is 0.536. The Hall–Kier alpha value is -3.94. The molecule has 3 aromatic heterocycles. The Morgan fingerprint density at radius 1 is 0.966 bits per heavy atom. The van der Waals surface area contributed by atoms with Crippen LogP contribution in [0, 0.1) is 5.82 Å². The summed E-state index contributed by atoms with van der Waals surface area (Å²) >= 11 is 0. The lowest BCUT2D eigenvalue weighted by molar-refractivity contribution is -0.124. The smallest absolute Gasteiger partial charge is 0.231 e. The number of nitrogens with zero attached hydrogens (tertiary/aromatic N) is 5. The molecule has 0 saturated carbocycles. The summed E-state index contributed by atoms with van der Waals surface area (Å²) in [7, 11) is 0. The van der Waals surface area contributed by atoms with Gasteiger partial charge in [0.2, 0.25) is 11.8 Å². The summed E-state index contributed by atoms with van der Waals surface area (Å²) in [5.41, 5.74) is 3.25. The average molecular weight is 389 g/mol. The number of halogens is 1. The molecule has 3 heterocycles. The molecule has 0 aliphatic rings. The first-order chi connectivity index (χ1) is 14.0. The number of aromatic nitrogens is 4. The summed E-state index contributed by atoms with van der Waals surface area (Å²) in [5.74, 6) is -0.998. The van der Waals surface area contributed by atoms with Crippen molar-refractivity contribution in [2.75, 3.05) is 4.90 Å². The van der Waals surface area contributed by atoms with Crippen LogP contribution in [0.15, 0.2) is 61.1 Å². The molecule has 0 saturated heterocycles. The number of rotatable bonds is 3. The van der Waals surface area contributed by atoms with E-state index in [1.54, 1.807) is 47.2 Å². The van der Waals surface area contributed by atoms with Gasteiger partial charge in [0.1, 0.15) is 17.3 Å². The van der Waals surface area contributed by atoms with Crippen LogP contribution in [0.5, 0.6) is 0 Å². The highest BCUT2D eigenvalue weighted by Crippen LogP contribution is 2.35. The molecule has 4 aromatic rings. The Morgan fingerprint density at radius 2 is 1.69 bits per heavy atom. The van der Waals surface area contributed by atoms with Crippen LogP contribution in [0.2, 0.25) is 0 Å². The van der Waals surface area contributed by atoms with E-state index in [2.05, 4.69) is 15.1 Å². The van der Waals surface area contributed by atoms with E-state index in [0.717, 1.165) is 4.90 Å². The number of hydrogen-bond donors (Lipinski definition) is 0. The maximum absolute atomic E-state index is 13.4. The van der Waals surface area contributed by atoms with Crippen molar-refractivity contribution in [2.24, 2.45) is 0 Å². The molecule has 0 N–H and O–H groups in total. The van der Waals surface area contributed by atoms with Crippen molar-refractivity contribution in [3.05, 3.63) is 66.9 Å². The maximum Gasteiger partial charge on any atom is 0.231 e. The molecular weight excluding hydrogens is 373 g/mol. The molecule has 4 rings (SSSR count). The monoisotopic (exact) mass is 389 g/mol. The van der Waals surface area contributed by atoms with Gasteiger partial charge in [0.05, 0.1) is 5.56 Å². The summed E-state index contributed by atoms with van der Waals surface area (Å²) in [6, 6.07) is 11.1. The Labute approximate surface area is 165 Å². The summed E-state index contributed by atoms with van der Waals surface area (Å²) in [6.45, 7) is 2.60. The van der Waals surface area contributed by atoms with Gasteiger partial charge in [-0.1, -0.05) is 0 Å². The van der Waals surface area contributed by atoms with E-state index in [0.29, 0.717) is 28.0 Å². The molecule has 7 nitrogen and oxygen atoms in total. The molecule has 8 heteroatoms. The van der Waals surface area contributed by atoms with E-state index in [9.17, 15) is 14.0 Å². The van der Waals surface area contributed by atoms with Crippen LogP contribution in [0.1, 0.15) is 13.8 Å². The molecule has 2 amide bonds. The number of benzene rings is 1. The van der Waals surface area contributed by atoms with Gasteiger partial charge in [0.15, 0.2) is 5.65 Å². The van der Waals surface area contributed by atoms with Crippen molar-refractivity contribution in [1.82, 2.24) is 19.6 Å². The Balaban J connectivity index is 1.95. The van der Waals surface area contributed by atoms with Crippen molar-refractivity contribution in [3.8, 4) is 22.4 Å². The zero-order valence-electron chi connectivity index (χ0n) is 15.7. The molecule has 0 fully saturated rings. The lowest BCUT2D eigenvalue weighted by Crippen LogP contribution is -2.33. The van der Waals surface area contributed by atoms with Crippen LogP contribution >= 0.6 is 0 Å². The molecule has 1 aromatic carbocycles. The fourth-order valence-electron chi connectivity index (χ4n) is 3.20. The molecule has 0 bridgehead atoms. The van der Waals surface area contributed by atoms with Crippen molar-refractivity contribution < 1.29 is 14.0 Å². The van der Waals surface area contributed by atoms with E-state index >= 15 is 0 Å². The van der Waals surface area contributed by atoms with Crippen LogP contribution in [-0.4, -0.2) is 31.4 Å². The van der Waals surface area contributed by atoms with E-state index in [1.165, 1.54) is 32.2 Å². The predicted molar refractivity (Wildman–Crippen MR) is 105 cm³/mol.